The number of fused-ring (bicyclic) bond motifs is 1. The van der Waals surface area contributed by atoms with Crippen LogP contribution >= 0.6 is 0 Å². The van der Waals surface area contributed by atoms with Crippen molar-refractivity contribution in [3.63, 3.8) is 0 Å². The van der Waals surface area contributed by atoms with Crippen molar-refractivity contribution in [1.29, 1.82) is 0 Å². The van der Waals surface area contributed by atoms with Crippen LogP contribution in [0.2, 0.25) is 0 Å². The van der Waals surface area contributed by atoms with Crippen LogP contribution in [0.3, 0.4) is 0 Å². The minimum absolute atomic E-state index is 0.102. The summed E-state index contributed by atoms with van der Waals surface area (Å²) in [6.45, 7) is 1.17. The maximum absolute atomic E-state index is 12.8. The Balaban J connectivity index is 1.21. The van der Waals surface area contributed by atoms with Crippen LogP contribution in [-0.4, -0.2) is 40.8 Å². The van der Waals surface area contributed by atoms with E-state index in [1.54, 1.807) is 11.0 Å². The molecule has 1 aliphatic carbocycles. The molecule has 3 atom stereocenters. The van der Waals surface area contributed by atoms with Crippen molar-refractivity contribution >= 4 is 17.7 Å². The predicted octanol–water partition coefficient (Wildman–Crippen LogP) is 2.15. The Labute approximate surface area is 180 Å². The van der Waals surface area contributed by atoms with E-state index in [0.717, 1.165) is 30.7 Å². The topological polar surface area (TPSA) is 87.7 Å². The maximum Gasteiger partial charge on any atom is 0.255 e. The number of ether oxygens (including phenoxy) is 1. The van der Waals surface area contributed by atoms with Crippen LogP contribution < -0.4 is 15.4 Å². The highest BCUT2D eigenvalue weighted by Gasteiger charge is 2.39. The number of rotatable bonds is 6. The van der Waals surface area contributed by atoms with Crippen molar-refractivity contribution in [2.24, 2.45) is 0 Å². The fourth-order valence-electron chi connectivity index (χ4n) is 4.49. The van der Waals surface area contributed by atoms with Crippen LogP contribution in [0, 0.1) is 0 Å². The molecule has 0 radical (unpaired) electrons. The number of nitrogens with zero attached hydrogens (tertiary/aromatic N) is 1. The third kappa shape index (κ3) is 3.93. The van der Waals surface area contributed by atoms with E-state index in [0.29, 0.717) is 24.6 Å². The van der Waals surface area contributed by atoms with Crippen molar-refractivity contribution in [2.75, 3.05) is 0 Å². The molecule has 7 heteroatoms. The Morgan fingerprint density at radius 2 is 1.87 bits per heavy atom. The predicted molar refractivity (Wildman–Crippen MR) is 113 cm³/mol. The number of imide groups is 1. The summed E-state index contributed by atoms with van der Waals surface area (Å²) in [4.78, 5) is 38.0. The van der Waals surface area contributed by atoms with Gasteiger partial charge in [0.05, 0.1) is 0 Å². The van der Waals surface area contributed by atoms with Gasteiger partial charge in [0.25, 0.3) is 5.91 Å². The van der Waals surface area contributed by atoms with Crippen molar-refractivity contribution < 1.29 is 19.1 Å². The van der Waals surface area contributed by atoms with Crippen molar-refractivity contribution in [2.45, 2.75) is 57.0 Å². The second-order valence-electron chi connectivity index (χ2n) is 8.43. The van der Waals surface area contributed by atoms with E-state index in [-0.39, 0.29) is 24.3 Å². The molecule has 2 aromatic carbocycles. The standard InChI is InChI=1S/C24H25N3O4/c28-22-11-9-20(23(29)26-22)27-14-16-12-17(6-7-18(16)24(27)30)31-21-10-8-19(21)25-13-15-4-2-1-3-5-15/h1-7,12,19-21,25H,8-11,13-14H2,(H,26,28,29)/t19?,20?,21-/m1/s1. The number of amides is 3. The minimum atomic E-state index is -0.597. The van der Waals surface area contributed by atoms with E-state index in [1.807, 2.05) is 30.3 Å². The van der Waals surface area contributed by atoms with Gasteiger partial charge in [-0.25, -0.2) is 0 Å². The summed E-state index contributed by atoms with van der Waals surface area (Å²) >= 11 is 0. The van der Waals surface area contributed by atoms with Gasteiger partial charge in [0.1, 0.15) is 17.9 Å². The smallest absolute Gasteiger partial charge is 0.255 e. The fraction of sp³-hybridized carbons (Fsp3) is 0.375. The zero-order valence-corrected chi connectivity index (χ0v) is 17.2. The van der Waals surface area contributed by atoms with Gasteiger partial charge in [0.2, 0.25) is 11.8 Å². The van der Waals surface area contributed by atoms with Gasteiger partial charge < -0.3 is 15.0 Å². The summed E-state index contributed by atoms with van der Waals surface area (Å²) in [6.07, 6.45) is 2.79. The molecular weight excluding hydrogens is 394 g/mol. The molecular formula is C24H25N3O4. The fourth-order valence-corrected chi connectivity index (χ4v) is 4.49. The van der Waals surface area contributed by atoms with Crippen molar-refractivity contribution in [3.05, 3.63) is 65.2 Å². The molecule has 0 spiro atoms. The van der Waals surface area contributed by atoms with Gasteiger partial charge in [-0.15, -0.1) is 0 Å². The Morgan fingerprint density at radius 1 is 1.03 bits per heavy atom. The number of carbonyl (C=O) groups is 3. The molecule has 2 N–H and O–H groups in total. The van der Waals surface area contributed by atoms with Crippen molar-refractivity contribution in [1.82, 2.24) is 15.5 Å². The van der Waals surface area contributed by atoms with E-state index in [9.17, 15) is 14.4 Å². The first-order valence-electron chi connectivity index (χ1n) is 10.8. The molecule has 0 bridgehead atoms. The number of nitrogens with one attached hydrogen (secondary N) is 2. The number of piperidine rings is 1. The molecule has 160 valence electrons. The van der Waals surface area contributed by atoms with Crippen LogP contribution in [0.25, 0.3) is 0 Å². The first-order chi connectivity index (χ1) is 15.1. The highest BCUT2D eigenvalue weighted by molar-refractivity contribution is 6.05. The lowest BCUT2D eigenvalue weighted by atomic mass is 9.88. The first-order valence-corrected chi connectivity index (χ1v) is 10.8. The molecule has 3 amide bonds. The third-order valence-corrected chi connectivity index (χ3v) is 6.40. The molecule has 0 aromatic heterocycles. The van der Waals surface area contributed by atoms with Gasteiger partial charge in [-0.1, -0.05) is 30.3 Å². The van der Waals surface area contributed by atoms with Crippen LogP contribution in [0.5, 0.6) is 5.75 Å². The molecule has 3 aliphatic rings. The molecule has 1 saturated heterocycles. The average Bonchev–Trinajstić information content (AvgIpc) is 3.08. The van der Waals surface area contributed by atoms with Gasteiger partial charge in [-0.05, 0) is 48.6 Å². The Morgan fingerprint density at radius 3 is 2.61 bits per heavy atom. The SMILES string of the molecule is O=C1CCC(N2Cc3cc(O[C@@H]4CCC4NCc4ccccc4)ccc3C2=O)C(=O)N1. The molecule has 31 heavy (non-hydrogen) atoms. The van der Waals surface area contributed by atoms with E-state index in [2.05, 4.69) is 22.8 Å². The van der Waals surface area contributed by atoms with E-state index < -0.39 is 11.9 Å². The normalized spacial score (nSPS) is 25.1. The highest BCUT2D eigenvalue weighted by atomic mass is 16.5. The molecule has 1 saturated carbocycles. The summed E-state index contributed by atoms with van der Waals surface area (Å²) < 4.78 is 6.21. The summed E-state index contributed by atoms with van der Waals surface area (Å²) in [5, 5.41) is 5.90. The summed E-state index contributed by atoms with van der Waals surface area (Å²) in [6, 6.07) is 15.5. The zero-order chi connectivity index (χ0) is 21.4. The lowest BCUT2D eigenvalue weighted by molar-refractivity contribution is -0.136. The van der Waals surface area contributed by atoms with Crippen LogP contribution in [0.4, 0.5) is 0 Å². The lowest BCUT2D eigenvalue weighted by Crippen LogP contribution is -2.52. The Kier molecular flexibility index (Phi) is 5.19. The number of carbonyl (C=O) groups excluding carboxylic acids is 3. The van der Waals surface area contributed by atoms with Crippen LogP contribution in [0.15, 0.2) is 48.5 Å². The van der Waals surface area contributed by atoms with E-state index in [4.69, 9.17) is 4.74 Å². The number of hydrogen-bond acceptors (Lipinski definition) is 5. The highest BCUT2D eigenvalue weighted by Crippen LogP contribution is 2.32. The van der Waals surface area contributed by atoms with Crippen molar-refractivity contribution in [3.8, 4) is 5.75 Å². The summed E-state index contributed by atoms with van der Waals surface area (Å²) in [5.41, 5.74) is 2.71. The first kappa shape index (κ1) is 19.8. The molecule has 5 rings (SSSR count). The van der Waals surface area contributed by atoms with Gasteiger partial charge >= 0.3 is 0 Å². The molecule has 2 aliphatic heterocycles. The molecule has 2 aromatic rings. The second kappa shape index (κ2) is 8.15. The summed E-state index contributed by atoms with van der Waals surface area (Å²) in [5.74, 6) is -0.0947. The van der Waals surface area contributed by atoms with Crippen LogP contribution in [0.1, 0.15) is 47.2 Å². The van der Waals surface area contributed by atoms with E-state index >= 15 is 0 Å². The van der Waals surface area contributed by atoms with E-state index in [1.165, 1.54) is 5.56 Å². The minimum Gasteiger partial charge on any atom is -0.489 e. The Hall–Kier alpha value is -3.19. The number of benzene rings is 2. The lowest BCUT2D eigenvalue weighted by Gasteiger charge is -2.37. The average molecular weight is 419 g/mol. The number of hydrogen-bond donors (Lipinski definition) is 2. The monoisotopic (exact) mass is 419 g/mol. The maximum atomic E-state index is 12.8. The molecule has 2 fully saturated rings. The zero-order valence-electron chi connectivity index (χ0n) is 17.2. The largest absolute Gasteiger partial charge is 0.489 e. The second-order valence-corrected chi connectivity index (χ2v) is 8.43. The van der Waals surface area contributed by atoms with Crippen LogP contribution in [-0.2, 0) is 22.7 Å². The molecule has 2 unspecified atom stereocenters. The summed E-state index contributed by atoms with van der Waals surface area (Å²) in [7, 11) is 0. The Bertz CT molecular complexity index is 1020. The van der Waals surface area contributed by atoms with Gasteiger partial charge in [-0.2, -0.15) is 0 Å². The third-order valence-electron chi connectivity index (χ3n) is 6.40. The molecule has 7 nitrogen and oxygen atoms in total. The quantitative estimate of drug-likeness (QED) is 0.701. The molecule has 2 heterocycles. The van der Waals surface area contributed by atoms with Gasteiger partial charge in [0, 0.05) is 31.1 Å². The van der Waals surface area contributed by atoms with Gasteiger partial charge in [-0.3, -0.25) is 19.7 Å². The van der Waals surface area contributed by atoms with Gasteiger partial charge in [0.15, 0.2) is 0 Å².